The first-order chi connectivity index (χ1) is 12.4. The van der Waals surface area contributed by atoms with E-state index in [0.717, 1.165) is 6.42 Å². The van der Waals surface area contributed by atoms with Crippen LogP contribution in [0.15, 0.2) is 36.5 Å². The lowest BCUT2D eigenvalue weighted by Gasteiger charge is -2.18. The molecule has 0 saturated carbocycles. The Morgan fingerprint density at radius 3 is 2.77 bits per heavy atom. The van der Waals surface area contributed by atoms with Crippen molar-refractivity contribution in [3.8, 4) is 0 Å². The molecule has 1 aliphatic rings. The molecule has 0 bridgehead atoms. The van der Waals surface area contributed by atoms with Crippen LogP contribution in [0.3, 0.4) is 0 Å². The molecule has 1 aromatic carbocycles. The van der Waals surface area contributed by atoms with Crippen molar-refractivity contribution in [2.24, 2.45) is 0 Å². The third kappa shape index (κ3) is 4.05. The summed E-state index contributed by atoms with van der Waals surface area (Å²) in [6, 6.07) is 6.76. The van der Waals surface area contributed by atoms with Crippen molar-refractivity contribution < 1.29 is 14.1 Å². The first-order valence-corrected chi connectivity index (χ1v) is 8.11. The Balaban J connectivity index is 1.56. The standard InChI is InChI=1S/C17H18FN5O3/c1-11-8-16(19-9-15(11)23(25)26)22-7-6-14(10-22)21-17(24)20-13-4-2-12(18)3-5-13/h2-5,8-9,14H,6-7,10H2,1H3,(H2,20,21,24). The van der Waals surface area contributed by atoms with Gasteiger partial charge in [-0.25, -0.2) is 14.2 Å². The number of halogens is 1. The molecule has 1 aliphatic heterocycles. The molecule has 8 nitrogen and oxygen atoms in total. The summed E-state index contributed by atoms with van der Waals surface area (Å²) in [5.74, 6) is 0.282. The average molecular weight is 359 g/mol. The van der Waals surface area contributed by atoms with Crippen LogP contribution in [0.2, 0.25) is 0 Å². The van der Waals surface area contributed by atoms with Crippen LogP contribution >= 0.6 is 0 Å². The van der Waals surface area contributed by atoms with E-state index in [1.807, 2.05) is 4.90 Å². The van der Waals surface area contributed by atoms with Gasteiger partial charge in [-0.3, -0.25) is 10.1 Å². The first kappa shape index (κ1) is 17.6. The number of nitro groups is 1. The first-order valence-electron chi connectivity index (χ1n) is 8.11. The average Bonchev–Trinajstić information content (AvgIpc) is 3.05. The smallest absolute Gasteiger partial charge is 0.319 e. The van der Waals surface area contributed by atoms with E-state index in [1.165, 1.54) is 30.5 Å². The summed E-state index contributed by atoms with van der Waals surface area (Å²) >= 11 is 0. The Morgan fingerprint density at radius 1 is 1.38 bits per heavy atom. The molecule has 1 aromatic heterocycles. The van der Waals surface area contributed by atoms with Gasteiger partial charge in [-0.2, -0.15) is 0 Å². The number of carbonyl (C=O) groups is 1. The number of amides is 2. The maximum atomic E-state index is 12.9. The van der Waals surface area contributed by atoms with Gasteiger partial charge in [-0.1, -0.05) is 0 Å². The Bertz CT molecular complexity index is 828. The van der Waals surface area contributed by atoms with E-state index in [-0.39, 0.29) is 23.6 Å². The van der Waals surface area contributed by atoms with Crippen molar-refractivity contribution in [2.45, 2.75) is 19.4 Å². The lowest BCUT2D eigenvalue weighted by Crippen LogP contribution is -2.39. The van der Waals surface area contributed by atoms with Crippen LogP contribution in [0.4, 0.5) is 26.4 Å². The summed E-state index contributed by atoms with van der Waals surface area (Å²) in [6.07, 6.45) is 1.99. The third-order valence-corrected chi connectivity index (χ3v) is 4.21. The molecule has 2 amide bonds. The highest BCUT2D eigenvalue weighted by Crippen LogP contribution is 2.24. The number of pyridine rings is 1. The monoisotopic (exact) mass is 359 g/mol. The van der Waals surface area contributed by atoms with E-state index in [2.05, 4.69) is 15.6 Å². The number of hydrogen-bond acceptors (Lipinski definition) is 5. The molecule has 2 heterocycles. The molecular weight excluding hydrogens is 341 g/mol. The topological polar surface area (TPSA) is 100 Å². The number of aromatic nitrogens is 1. The maximum absolute atomic E-state index is 12.9. The zero-order valence-corrected chi connectivity index (χ0v) is 14.1. The normalized spacial score (nSPS) is 16.4. The Hall–Kier alpha value is -3.23. The molecule has 136 valence electrons. The van der Waals surface area contributed by atoms with E-state index in [4.69, 9.17) is 0 Å². The van der Waals surface area contributed by atoms with Gasteiger partial charge in [0, 0.05) is 30.4 Å². The van der Waals surface area contributed by atoms with Crippen LogP contribution < -0.4 is 15.5 Å². The molecule has 0 radical (unpaired) electrons. The van der Waals surface area contributed by atoms with Gasteiger partial charge in [0.25, 0.3) is 5.69 Å². The summed E-state index contributed by atoms with van der Waals surface area (Å²) in [5, 5.41) is 16.4. The molecule has 2 N–H and O–H groups in total. The fourth-order valence-electron chi connectivity index (χ4n) is 2.87. The van der Waals surface area contributed by atoms with Crippen molar-refractivity contribution in [3.63, 3.8) is 0 Å². The van der Waals surface area contributed by atoms with Gasteiger partial charge < -0.3 is 15.5 Å². The van der Waals surface area contributed by atoms with E-state index >= 15 is 0 Å². The fraction of sp³-hybridized carbons (Fsp3) is 0.294. The van der Waals surface area contributed by atoms with Crippen LogP contribution in [-0.4, -0.2) is 35.1 Å². The molecule has 1 saturated heterocycles. The van der Waals surface area contributed by atoms with E-state index < -0.39 is 4.92 Å². The minimum absolute atomic E-state index is 0.0127. The third-order valence-electron chi connectivity index (χ3n) is 4.21. The zero-order valence-electron chi connectivity index (χ0n) is 14.1. The van der Waals surface area contributed by atoms with Gasteiger partial charge >= 0.3 is 6.03 Å². The van der Waals surface area contributed by atoms with Gasteiger partial charge in [-0.15, -0.1) is 0 Å². The van der Waals surface area contributed by atoms with E-state index in [1.54, 1.807) is 13.0 Å². The molecule has 3 rings (SSSR count). The summed E-state index contributed by atoms with van der Waals surface area (Å²) in [7, 11) is 0. The summed E-state index contributed by atoms with van der Waals surface area (Å²) in [4.78, 5) is 28.6. The van der Waals surface area contributed by atoms with Crippen LogP contribution in [0.1, 0.15) is 12.0 Å². The number of nitrogens with one attached hydrogen (secondary N) is 2. The number of hydrogen-bond donors (Lipinski definition) is 2. The molecule has 26 heavy (non-hydrogen) atoms. The highest BCUT2D eigenvalue weighted by atomic mass is 19.1. The molecule has 0 spiro atoms. The number of aryl methyl sites for hydroxylation is 1. The second-order valence-corrected chi connectivity index (χ2v) is 6.12. The molecule has 9 heteroatoms. The summed E-state index contributed by atoms with van der Waals surface area (Å²) in [6.45, 7) is 2.91. The van der Waals surface area contributed by atoms with Crippen LogP contribution in [0, 0.1) is 22.9 Å². The molecule has 2 aromatic rings. The summed E-state index contributed by atoms with van der Waals surface area (Å²) in [5.41, 5.74) is 1.04. The van der Waals surface area contributed by atoms with Gasteiger partial charge in [0.05, 0.1) is 4.92 Å². The minimum Gasteiger partial charge on any atom is -0.354 e. The van der Waals surface area contributed by atoms with Crippen LogP contribution in [0.5, 0.6) is 0 Å². The molecule has 0 aliphatic carbocycles. The lowest BCUT2D eigenvalue weighted by molar-refractivity contribution is -0.385. The van der Waals surface area contributed by atoms with Gasteiger partial charge in [-0.05, 0) is 43.7 Å². The largest absolute Gasteiger partial charge is 0.354 e. The lowest BCUT2D eigenvalue weighted by atomic mass is 10.2. The Morgan fingerprint density at radius 2 is 2.12 bits per heavy atom. The number of urea groups is 1. The number of nitrogens with zero attached hydrogens (tertiary/aromatic N) is 3. The van der Waals surface area contributed by atoms with Crippen molar-refractivity contribution in [1.29, 1.82) is 0 Å². The number of rotatable bonds is 4. The van der Waals surface area contributed by atoms with Gasteiger partial charge in [0.2, 0.25) is 0 Å². The predicted octanol–water partition coefficient (Wildman–Crippen LogP) is 2.84. The number of carbonyl (C=O) groups excluding carboxylic acids is 1. The fourth-order valence-corrected chi connectivity index (χ4v) is 2.87. The van der Waals surface area contributed by atoms with Gasteiger partial charge in [0.1, 0.15) is 17.8 Å². The Kier molecular flexibility index (Phi) is 4.97. The van der Waals surface area contributed by atoms with Crippen molar-refractivity contribution in [1.82, 2.24) is 10.3 Å². The van der Waals surface area contributed by atoms with Crippen LogP contribution in [0.25, 0.3) is 0 Å². The van der Waals surface area contributed by atoms with Crippen molar-refractivity contribution >= 4 is 23.2 Å². The minimum atomic E-state index is -0.458. The highest BCUT2D eigenvalue weighted by Gasteiger charge is 2.26. The molecule has 1 unspecified atom stereocenters. The SMILES string of the molecule is Cc1cc(N2CCC(NC(=O)Nc3ccc(F)cc3)C2)ncc1[N+](=O)[O-]. The molecular formula is C17H18FN5O3. The quantitative estimate of drug-likeness (QED) is 0.646. The zero-order chi connectivity index (χ0) is 18.7. The molecule has 1 atom stereocenters. The van der Waals surface area contributed by atoms with E-state index in [0.29, 0.717) is 30.2 Å². The van der Waals surface area contributed by atoms with Crippen molar-refractivity contribution in [3.05, 3.63) is 58.0 Å². The molecule has 1 fully saturated rings. The highest BCUT2D eigenvalue weighted by molar-refractivity contribution is 5.89. The van der Waals surface area contributed by atoms with Gasteiger partial charge in [0.15, 0.2) is 0 Å². The predicted molar refractivity (Wildman–Crippen MR) is 94.8 cm³/mol. The Labute approximate surface area is 149 Å². The second-order valence-electron chi connectivity index (χ2n) is 6.12. The van der Waals surface area contributed by atoms with Crippen molar-refractivity contribution in [2.75, 3.05) is 23.3 Å². The van der Waals surface area contributed by atoms with E-state index in [9.17, 15) is 19.3 Å². The van der Waals surface area contributed by atoms with Crippen LogP contribution in [-0.2, 0) is 0 Å². The number of anilines is 2. The summed E-state index contributed by atoms with van der Waals surface area (Å²) < 4.78 is 12.9. The second kappa shape index (κ2) is 7.34. The maximum Gasteiger partial charge on any atom is 0.319 e. The number of benzene rings is 1.